The highest BCUT2D eigenvalue weighted by molar-refractivity contribution is 5.87. The van der Waals surface area contributed by atoms with Gasteiger partial charge < -0.3 is 9.80 Å². The number of benzene rings is 1. The maximum Gasteiger partial charge on any atom is 0.178 e. The summed E-state index contributed by atoms with van der Waals surface area (Å²) in [7, 11) is 0. The standard InChI is InChI=1S/C17H16N4O/c1-3-10-20-15(9-12-22)21(11-4-2)17-16(20)18-13-7-5-6-8-14(13)19-17/h3-9,12H,1-2,10-11H2. The Kier molecular flexibility index (Phi) is 3.70. The number of para-hydroxylation sites is 2. The molecule has 0 radical (unpaired) electrons. The average molecular weight is 292 g/mol. The molecular formula is C17H16N4O. The van der Waals surface area contributed by atoms with Gasteiger partial charge in [0.05, 0.1) is 11.0 Å². The maximum atomic E-state index is 11.0. The predicted octanol–water partition coefficient (Wildman–Crippen LogP) is 2.67. The van der Waals surface area contributed by atoms with Crippen LogP contribution in [0.25, 0.3) is 11.0 Å². The number of carbonyl (C=O) groups is 1. The van der Waals surface area contributed by atoms with E-state index in [0.29, 0.717) is 13.1 Å². The molecule has 0 bridgehead atoms. The van der Waals surface area contributed by atoms with Crippen LogP contribution in [-0.4, -0.2) is 29.3 Å². The number of carbonyl (C=O) groups excluding carboxylic acids is 1. The fourth-order valence-corrected chi connectivity index (χ4v) is 2.57. The van der Waals surface area contributed by atoms with Crippen LogP contribution in [0.2, 0.25) is 0 Å². The van der Waals surface area contributed by atoms with Crippen LogP contribution in [-0.2, 0) is 4.79 Å². The van der Waals surface area contributed by atoms with Crippen LogP contribution in [0.3, 0.4) is 0 Å². The van der Waals surface area contributed by atoms with E-state index in [2.05, 4.69) is 13.2 Å². The molecule has 1 aromatic heterocycles. The molecule has 1 aliphatic heterocycles. The van der Waals surface area contributed by atoms with Gasteiger partial charge in [-0.1, -0.05) is 24.3 Å². The summed E-state index contributed by atoms with van der Waals surface area (Å²) in [6.45, 7) is 8.66. The first-order valence-electron chi connectivity index (χ1n) is 6.99. The number of aromatic nitrogens is 2. The Morgan fingerprint density at radius 2 is 1.45 bits per heavy atom. The molecule has 22 heavy (non-hydrogen) atoms. The molecule has 0 saturated heterocycles. The lowest BCUT2D eigenvalue weighted by Crippen LogP contribution is -2.29. The van der Waals surface area contributed by atoms with E-state index in [1.807, 2.05) is 34.1 Å². The van der Waals surface area contributed by atoms with Gasteiger partial charge in [-0.05, 0) is 12.1 Å². The van der Waals surface area contributed by atoms with Crippen molar-refractivity contribution in [2.45, 2.75) is 0 Å². The maximum absolute atomic E-state index is 11.0. The van der Waals surface area contributed by atoms with Gasteiger partial charge in [0.25, 0.3) is 0 Å². The van der Waals surface area contributed by atoms with Crippen molar-refractivity contribution >= 4 is 29.0 Å². The van der Waals surface area contributed by atoms with E-state index in [0.717, 1.165) is 34.8 Å². The second-order valence-corrected chi connectivity index (χ2v) is 4.82. The number of hydrogen-bond donors (Lipinski definition) is 0. The van der Waals surface area contributed by atoms with Gasteiger partial charge >= 0.3 is 0 Å². The number of nitrogens with zero attached hydrogens (tertiary/aromatic N) is 4. The summed E-state index contributed by atoms with van der Waals surface area (Å²) < 4.78 is 0. The summed E-state index contributed by atoms with van der Waals surface area (Å²) in [6, 6.07) is 7.71. The van der Waals surface area contributed by atoms with Crippen LogP contribution in [0.4, 0.5) is 11.6 Å². The summed E-state index contributed by atoms with van der Waals surface area (Å²) in [6.07, 6.45) is 5.83. The molecule has 110 valence electrons. The van der Waals surface area contributed by atoms with Crippen molar-refractivity contribution < 1.29 is 4.79 Å². The molecule has 0 spiro atoms. The number of anilines is 2. The summed E-state index contributed by atoms with van der Waals surface area (Å²) in [5.41, 5.74) is 1.64. The quantitative estimate of drug-likeness (QED) is 0.482. The van der Waals surface area contributed by atoms with E-state index in [1.54, 1.807) is 12.2 Å². The topological polar surface area (TPSA) is 49.3 Å². The van der Waals surface area contributed by atoms with E-state index >= 15 is 0 Å². The van der Waals surface area contributed by atoms with Gasteiger partial charge in [-0.2, -0.15) is 0 Å². The molecule has 3 rings (SSSR count). The minimum absolute atomic E-state index is 0.549. The van der Waals surface area contributed by atoms with Gasteiger partial charge in [0.15, 0.2) is 11.6 Å². The first-order chi connectivity index (χ1) is 10.8. The molecule has 5 heteroatoms. The average Bonchev–Trinajstić information content (AvgIpc) is 2.80. The molecule has 0 unspecified atom stereocenters. The fourth-order valence-electron chi connectivity index (χ4n) is 2.57. The summed E-state index contributed by atoms with van der Waals surface area (Å²) in [4.78, 5) is 24.3. The Morgan fingerprint density at radius 1 is 0.955 bits per heavy atom. The minimum Gasteiger partial charge on any atom is -0.305 e. The second kappa shape index (κ2) is 5.81. The number of rotatable bonds is 5. The highest BCUT2D eigenvalue weighted by Crippen LogP contribution is 2.39. The lowest BCUT2D eigenvalue weighted by molar-refractivity contribution is -0.104. The van der Waals surface area contributed by atoms with Gasteiger partial charge in [0, 0.05) is 19.2 Å². The van der Waals surface area contributed by atoms with E-state index in [1.165, 1.54) is 6.08 Å². The summed E-state index contributed by atoms with van der Waals surface area (Å²) in [5, 5.41) is 0. The third-order valence-electron chi connectivity index (χ3n) is 3.44. The van der Waals surface area contributed by atoms with Crippen molar-refractivity contribution in [3.05, 3.63) is 61.5 Å². The molecule has 0 N–H and O–H groups in total. The molecule has 1 aromatic carbocycles. The van der Waals surface area contributed by atoms with Crippen molar-refractivity contribution in [2.75, 3.05) is 22.9 Å². The van der Waals surface area contributed by atoms with Gasteiger partial charge in [0.1, 0.15) is 12.1 Å². The Bertz CT molecular complexity index is 723. The third-order valence-corrected chi connectivity index (χ3v) is 3.44. The SMILES string of the molecule is C=CCN1C(=CC=O)N(CC=C)c2nc3ccccc3nc21. The Balaban J connectivity index is 2.24. The zero-order valence-corrected chi connectivity index (χ0v) is 12.1. The Labute approximate surface area is 128 Å². The monoisotopic (exact) mass is 292 g/mol. The third kappa shape index (κ3) is 2.16. The van der Waals surface area contributed by atoms with Crippen molar-refractivity contribution in [2.24, 2.45) is 0 Å². The van der Waals surface area contributed by atoms with Crippen molar-refractivity contribution in [3.8, 4) is 0 Å². The molecule has 1 aliphatic rings. The normalized spacial score (nSPS) is 13.2. The lowest BCUT2D eigenvalue weighted by atomic mass is 10.3. The van der Waals surface area contributed by atoms with E-state index in [-0.39, 0.29) is 0 Å². The van der Waals surface area contributed by atoms with Gasteiger partial charge in [-0.15, -0.1) is 13.2 Å². The molecule has 2 aromatic rings. The first kappa shape index (κ1) is 14.0. The van der Waals surface area contributed by atoms with Crippen LogP contribution in [0.15, 0.2) is 61.5 Å². The van der Waals surface area contributed by atoms with Crippen molar-refractivity contribution in [3.63, 3.8) is 0 Å². The van der Waals surface area contributed by atoms with Crippen molar-refractivity contribution in [1.82, 2.24) is 9.97 Å². The predicted molar refractivity (Wildman–Crippen MR) is 88.8 cm³/mol. The molecule has 0 aliphatic carbocycles. The lowest BCUT2D eigenvalue weighted by Gasteiger charge is -2.21. The first-order valence-corrected chi connectivity index (χ1v) is 6.99. The zero-order valence-electron chi connectivity index (χ0n) is 12.1. The molecule has 2 heterocycles. The van der Waals surface area contributed by atoms with Crippen LogP contribution < -0.4 is 9.80 Å². The van der Waals surface area contributed by atoms with Gasteiger partial charge in [-0.25, -0.2) is 9.97 Å². The largest absolute Gasteiger partial charge is 0.305 e. The number of aldehydes is 1. The number of hydrogen-bond acceptors (Lipinski definition) is 5. The van der Waals surface area contributed by atoms with E-state index in [9.17, 15) is 4.79 Å². The molecular weight excluding hydrogens is 276 g/mol. The number of fused-ring (bicyclic) bond motifs is 2. The smallest absolute Gasteiger partial charge is 0.178 e. The minimum atomic E-state index is 0.549. The Morgan fingerprint density at radius 3 is 1.86 bits per heavy atom. The second-order valence-electron chi connectivity index (χ2n) is 4.82. The van der Waals surface area contributed by atoms with Crippen LogP contribution in [0.1, 0.15) is 0 Å². The fraction of sp³-hybridized carbons (Fsp3) is 0.118. The highest BCUT2D eigenvalue weighted by atomic mass is 16.1. The van der Waals surface area contributed by atoms with Gasteiger partial charge in [0.2, 0.25) is 0 Å². The molecule has 0 atom stereocenters. The van der Waals surface area contributed by atoms with Crippen LogP contribution in [0, 0.1) is 0 Å². The Hall–Kier alpha value is -2.95. The highest BCUT2D eigenvalue weighted by Gasteiger charge is 2.33. The van der Waals surface area contributed by atoms with E-state index in [4.69, 9.17) is 9.97 Å². The zero-order chi connectivity index (χ0) is 15.5. The van der Waals surface area contributed by atoms with Gasteiger partial charge in [-0.3, -0.25) is 4.79 Å². The molecule has 0 saturated carbocycles. The molecule has 5 nitrogen and oxygen atoms in total. The number of allylic oxidation sites excluding steroid dienone is 1. The molecule has 0 amide bonds. The van der Waals surface area contributed by atoms with Crippen molar-refractivity contribution in [1.29, 1.82) is 0 Å². The van der Waals surface area contributed by atoms with Crippen LogP contribution >= 0.6 is 0 Å². The molecule has 0 fully saturated rings. The summed E-state index contributed by atoms with van der Waals surface area (Å²) in [5.74, 6) is 2.20. The van der Waals surface area contributed by atoms with E-state index < -0.39 is 0 Å². The summed E-state index contributed by atoms with van der Waals surface area (Å²) >= 11 is 0. The van der Waals surface area contributed by atoms with Crippen LogP contribution in [0.5, 0.6) is 0 Å².